The van der Waals surface area contributed by atoms with Crippen molar-refractivity contribution in [3.05, 3.63) is 29.8 Å². The molecule has 82 valence electrons. The smallest absolute Gasteiger partial charge is 0.320 e. The number of hydrogen-bond donors (Lipinski definition) is 2. The summed E-state index contributed by atoms with van der Waals surface area (Å²) in [6.07, 6.45) is 0.300. The van der Waals surface area contributed by atoms with Crippen LogP contribution in [0.15, 0.2) is 24.3 Å². The number of carboxylic acid groups (broad SMARTS) is 1. The van der Waals surface area contributed by atoms with Crippen LogP contribution in [0.4, 0.5) is 0 Å². The zero-order valence-electron chi connectivity index (χ0n) is 9.35. The monoisotopic (exact) mass is 210 g/mol. The summed E-state index contributed by atoms with van der Waals surface area (Å²) in [5.41, 5.74) is 6.27. The second-order valence-electron chi connectivity index (χ2n) is 3.14. The Morgan fingerprint density at radius 1 is 1.60 bits per heavy atom. The maximum absolute atomic E-state index is 10.5. The molecule has 0 amide bonds. The van der Waals surface area contributed by atoms with Gasteiger partial charge in [0.25, 0.3) is 0 Å². The van der Waals surface area contributed by atoms with Gasteiger partial charge >= 0.3 is 5.97 Å². The lowest BCUT2D eigenvalue weighted by molar-refractivity contribution is -0.138. The van der Waals surface area contributed by atoms with Crippen LogP contribution in [-0.4, -0.2) is 23.7 Å². The lowest BCUT2D eigenvalue weighted by atomic mass is 10.1. The van der Waals surface area contributed by atoms with Crippen LogP contribution in [0.1, 0.15) is 13.8 Å². The first-order valence-corrected chi connectivity index (χ1v) is 4.63. The third-order valence-corrected chi connectivity index (χ3v) is 1.96. The average molecular weight is 210 g/mol. The summed E-state index contributed by atoms with van der Waals surface area (Å²) >= 11 is 0. The number of aliphatic carboxylic acids is 1. The van der Waals surface area contributed by atoms with Gasteiger partial charge in [-0.05, 0) is 31.0 Å². The van der Waals surface area contributed by atoms with Crippen molar-refractivity contribution in [2.24, 2.45) is 5.73 Å². The number of benzene rings is 1. The minimum atomic E-state index is -1.01. The van der Waals surface area contributed by atoms with E-state index in [9.17, 15) is 4.79 Å². The molecule has 0 radical (unpaired) electrons. The van der Waals surface area contributed by atoms with Crippen LogP contribution in [-0.2, 0) is 11.2 Å². The maximum atomic E-state index is 10.5. The molecule has 1 atom stereocenters. The zero-order valence-corrected chi connectivity index (χ0v) is 8.35. The fourth-order valence-electron chi connectivity index (χ4n) is 1.18. The molecule has 0 aliphatic rings. The number of carbonyl (C=O) groups is 1. The second kappa shape index (κ2) is 5.36. The molecule has 0 spiro atoms. The molecular weight excluding hydrogens is 194 g/mol. The highest BCUT2D eigenvalue weighted by atomic mass is 16.5. The highest BCUT2D eigenvalue weighted by Gasteiger charge is 2.11. The van der Waals surface area contributed by atoms with Crippen LogP contribution in [0, 0.1) is 0 Å². The fraction of sp³-hybridized carbons (Fsp3) is 0.364. The summed E-state index contributed by atoms with van der Waals surface area (Å²) in [5.74, 6) is -0.325. The van der Waals surface area contributed by atoms with Gasteiger partial charge in [-0.1, -0.05) is 12.1 Å². The normalized spacial score (nSPS) is 13.0. The molecule has 4 heteroatoms. The van der Waals surface area contributed by atoms with Gasteiger partial charge in [0.2, 0.25) is 0 Å². The van der Waals surface area contributed by atoms with Gasteiger partial charge in [-0.2, -0.15) is 0 Å². The molecule has 0 aliphatic heterocycles. The van der Waals surface area contributed by atoms with Crippen LogP contribution in [0.3, 0.4) is 0 Å². The SMILES string of the molecule is [2H]CCOc1ccc(C[C@H](N)C(=O)O)cc1. The van der Waals surface area contributed by atoms with Gasteiger partial charge in [-0.15, -0.1) is 0 Å². The van der Waals surface area contributed by atoms with Crippen molar-refractivity contribution in [3.63, 3.8) is 0 Å². The van der Waals surface area contributed by atoms with Gasteiger partial charge in [0, 0.05) is 1.37 Å². The third kappa shape index (κ3) is 3.59. The van der Waals surface area contributed by atoms with E-state index in [1.165, 1.54) is 0 Å². The first-order valence-electron chi connectivity index (χ1n) is 5.33. The Kier molecular flexibility index (Phi) is 3.57. The fourth-order valence-corrected chi connectivity index (χ4v) is 1.18. The minimum Gasteiger partial charge on any atom is -0.494 e. The van der Waals surface area contributed by atoms with Crippen LogP contribution < -0.4 is 10.5 Å². The molecular formula is C11H15NO3. The highest BCUT2D eigenvalue weighted by Crippen LogP contribution is 2.12. The van der Waals surface area contributed by atoms with Crippen LogP contribution in [0.25, 0.3) is 0 Å². The zero-order chi connectivity index (χ0) is 12.0. The molecule has 1 rings (SSSR count). The van der Waals surface area contributed by atoms with Gasteiger partial charge in [0.1, 0.15) is 11.8 Å². The van der Waals surface area contributed by atoms with Crippen molar-refractivity contribution in [2.75, 3.05) is 6.61 Å². The Morgan fingerprint density at radius 3 is 2.80 bits per heavy atom. The van der Waals surface area contributed by atoms with E-state index in [2.05, 4.69) is 0 Å². The molecule has 3 N–H and O–H groups in total. The summed E-state index contributed by atoms with van der Waals surface area (Å²) in [4.78, 5) is 10.5. The van der Waals surface area contributed by atoms with Crippen molar-refractivity contribution in [1.82, 2.24) is 0 Å². The Hall–Kier alpha value is -1.55. The van der Waals surface area contributed by atoms with Crippen LogP contribution >= 0.6 is 0 Å². The highest BCUT2D eigenvalue weighted by molar-refractivity contribution is 5.73. The van der Waals surface area contributed by atoms with E-state index in [-0.39, 0.29) is 6.90 Å². The standard InChI is InChI=1S/C11H15NO3/c1-2-15-9-5-3-8(4-6-9)7-10(12)11(13)14/h3-6,10H,2,7,12H2,1H3,(H,13,14)/t10-/m0/s1/i1D. The van der Waals surface area contributed by atoms with Gasteiger partial charge in [0.15, 0.2) is 0 Å². The van der Waals surface area contributed by atoms with Crippen molar-refractivity contribution >= 4 is 5.97 Å². The topological polar surface area (TPSA) is 72.5 Å². The number of nitrogens with two attached hydrogens (primary N) is 1. The number of carboxylic acids is 1. The molecule has 0 unspecified atom stereocenters. The number of rotatable bonds is 5. The predicted molar refractivity (Wildman–Crippen MR) is 56.9 cm³/mol. The van der Waals surface area contributed by atoms with Gasteiger partial charge in [0.05, 0.1) is 6.61 Å². The Balaban J connectivity index is 2.54. The molecule has 1 aromatic carbocycles. The first kappa shape index (κ1) is 9.98. The largest absolute Gasteiger partial charge is 0.494 e. The van der Waals surface area contributed by atoms with Crippen molar-refractivity contribution in [3.8, 4) is 5.75 Å². The first-order chi connectivity index (χ1) is 7.63. The van der Waals surface area contributed by atoms with Crippen molar-refractivity contribution in [2.45, 2.75) is 19.4 Å². The quantitative estimate of drug-likeness (QED) is 0.761. The maximum Gasteiger partial charge on any atom is 0.320 e. The second-order valence-corrected chi connectivity index (χ2v) is 3.14. The summed E-state index contributed by atoms with van der Waals surface area (Å²) in [5, 5.41) is 8.64. The number of ether oxygens (including phenoxy) is 1. The lowest BCUT2D eigenvalue weighted by Gasteiger charge is -2.07. The Morgan fingerprint density at radius 2 is 2.27 bits per heavy atom. The van der Waals surface area contributed by atoms with E-state index in [0.717, 1.165) is 5.56 Å². The van der Waals surface area contributed by atoms with Crippen molar-refractivity contribution in [1.29, 1.82) is 0 Å². The van der Waals surface area contributed by atoms with Crippen molar-refractivity contribution < 1.29 is 16.0 Å². The molecule has 15 heavy (non-hydrogen) atoms. The predicted octanol–water partition coefficient (Wildman–Crippen LogP) is 1.04. The third-order valence-electron chi connectivity index (χ3n) is 1.96. The van der Waals surface area contributed by atoms with Crippen LogP contribution in [0.5, 0.6) is 5.75 Å². The summed E-state index contributed by atoms with van der Waals surface area (Å²) in [7, 11) is 0. The van der Waals surface area contributed by atoms with E-state index < -0.39 is 12.0 Å². The molecule has 0 bridgehead atoms. The summed E-state index contributed by atoms with van der Waals surface area (Å²) in [6, 6.07) is 6.18. The molecule has 1 aromatic rings. The number of hydrogen-bond acceptors (Lipinski definition) is 3. The molecule has 0 saturated carbocycles. The van der Waals surface area contributed by atoms with Gasteiger partial charge < -0.3 is 15.6 Å². The summed E-state index contributed by atoms with van der Waals surface area (Å²) in [6.45, 7) is 0.569. The summed E-state index contributed by atoms with van der Waals surface area (Å²) < 4.78 is 12.2. The molecule has 0 aliphatic carbocycles. The molecule has 0 heterocycles. The van der Waals surface area contributed by atoms with E-state index >= 15 is 0 Å². The average Bonchev–Trinajstić information content (AvgIpc) is 2.28. The van der Waals surface area contributed by atoms with Crippen LogP contribution in [0.2, 0.25) is 0 Å². The molecule has 0 aromatic heterocycles. The van der Waals surface area contributed by atoms with E-state index in [1.807, 2.05) is 0 Å². The Bertz CT molecular complexity index is 340. The van der Waals surface area contributed by atoms with Gasteiger partial charge in [-0.3, -0.25) is 4.79 Å². The van der Waals surface area contributed by atoms with E-state index in [1.54, 1.807) is 24.3 Å². The molecule has 4 nitrogen and oxygen atoms in total. The van der Waals surface area contributed by atoms with Gasteiger partial charge in [-0.25, -0.2) is 0 Å². The molecule has 0 fully saturated rings. The van der Waals surface area contributed by atoms with E-state index in [4.69, 9.17) is 16.9 Å². The molecule has 0 saturated heterocycles. The lowest BCUT2D eigenvalue weighted by Crippen LogP contribution is -2.32. The minimum absolute atomic E-state index is 0.214. The van der Waals surface area contributed by atoms with E-state index in [0.29, 0.717) is 18.8 Å². The Labute approximate surface area is 90.1 Å².